The number of aromatic hydroxyl groups is 2. The van der Waals surface area contributed by atoms with E-state index in [1.54, 1.807) is 0 Å². The third kappa shape index (κ3) is 3.78. The van der Waals surface area contributed by atoms with Crippen LogP contribution in [0.2, 0.25) is 0 Å². The fourth-order valence-corrected chi connectivity index (χ4v) is 3.70. The van der Waals surface area contributed by atoms with E-state index in [0.29, 0.717) is 5.56 Å². The second kappa shape index (κ2) is 8.04. The Morgan fingerprint density at radius 3 is 2.16 bits per heavy atom. The number of carbonyl (C=O) groups excluding carboxylic acids is 2. The molecular formula is C22H17N2O6S+. The molecule has 0 aliphatic rings. The van der Waals surface area contributed by atoms with Crippen molar-refractivity contribution in [3.8, 4) is 11.8 Å². The molecule has 0 fully saturated rings. The second-order valence-electron chi connectivity index (χ2n) is 6.72. The number of rotatable bonds is 4. The summed E-state index contributed by atoms with van der Waals surface area (Å²) in [6.45, 7) is -0.606. The van der Waals surface area contributed by atoms with Gasteiger partial charge in [0.15, 0.2) is 17.5 Å². The molecule has 0 bridgehead atoms. The lowest BCUT2D eigenvalue weighted by molar-refractivity contribution is -0.617. The molecule has 0 amide bonds. The summed E-state index contributed by atoms with van der Waals surface area (Å²) in [4.78, 5) is 26.2. The Labute approximate surface area is 181 Å². The van der Waals surface area contributed by atoms with E-state index in [0.717, 1.165) is 27.9 Å². The molecule has 4 rings (SSSR count). The first kappa shape index (κ1) is 20.3. The number of aryl methyl sites for hydroxylation is 1. The largest absolute Gasteiger partial charge is 0.494 e. The van der Waals surface area contributed by atoms with Crippen LogP contribution in [0.15, 0.2) is 54.6 Å². The molecule has 2 aromatic heterocycles. The van der Waals surface area contributed by atoms with Crippen molar-refractivity contribution >= 4 is 51.0 Å². The number of hydrogen-bond acceptors (Lipinski definition) is 7. The van der Waals surface area contributed by atoms with Crippen molar-refractivity contribution in [1.82, 2.24) is 4.98 Å². The molecule has 2 heterocycles. The number of thiocarbonyl (C=S) groups is 1. The number of esters is 2. The van der Waals surface area contributed by atoms with Crippen molar-refractivity contribution in [2.75, 3.05) is 6.61 Å². The van der Waals surface area contributed by atoms with Gasteiger partial charge in [0.05, 0.1) is 16.3 Å². The van der Waals surface area contributed by atoms with E-state index < -0.39 is 30.3 Å². The highest BCUT2D eigenvalue weighted by Gasteiger charge is 2.23. The fraction of sp³-hybridized carbons (Fsp3) is 0.0909. The number of fused-ring (bicyclic) bond motifs is 2. The van der Waals surface area contributed by atoms with Gasteiger partial charge in [0.1, 0.15) is 12.6 Å². The van der Waals surface area contributed by atoms with E-state index in [1.807, 2.05) is 60.1 Å². The third-order valence-corrected chi connectivity index (χ3v) is 5.13. The summed E-state index contributed by atoms with van der Waals surface area (Å²) < 4.78 is 12.2. The van der Waals surface area contributed by atoms with Gasteiger partial charge in [-0.15, -0.1) is 0 Å². The molecule has 2 aromatic carbocycles. The van der Waals surface area contributed by atoms with Crippen LogP contribution in [0.4, 0.5) is 0 Å². The van der Waals surface area contributed by atoms with E-state index >= 15 is 0 Å². The Bertz CT molecular complexity index is 1300. The topological polar surface area (TPSA) is 113 Å². The first-order valence-corrected chi connectivity index (χ1v) is 9.60. The first-order chi connectivity index (χ1) is 14.9. The molecule has 0 saturated carbocycles. The molecule has 31 heavy (non-hydrogen) atoms. The quantitative estimate of drug-likeness (QED) is 0.148. The zero-order valence-electron chi connectivity index (χ0n) is 16.3. The summed E-state index contributed by atoms with van der Waals surface area (Å²) in [5.74, 6) is -3.18. The van der Waals surface area contributed by atoms with Gasteiger partial charge in [0, 0.05) is 18.2 Å². The summed E-state index contributed by atoms with van der Waals surface area (Å²) in [5.41, 5.74) is 2.15. The van der Waals surface area contributed by atoms with Gasteiger partial charge < -0.3 is 19.7 Å². The van der Waals surface area contributed by atoms with Crippen molar-refractivity contribution in [3.63, 3.8) is 0 Å². The smallest absolute Gasteiger partial charge is 0.352 e. The number of carbonyl (C=O) groups is 2. The van der Waals surface area contributed by atoms with Crippen molar-refractivity contribution in [2.45, 2.75) is 0 Å². The Hall–Kier alpha value is -3.98. The van der Waals surface area contributed by atoms with Crippen LogP contribution in [0, 0.1) is 0 Å². The number of aromatic nitrogens is 2. The summed E-state index contributed by atoms with van der Waals surface area (Å²) in [6.07, 6.45) is 0. The first-order valence-electron chi connectivity index (χ1n) is 9.19. The Morgan fingerprint density at radius 2 is 1.61 bits per heavy atom. The molecule has 0 radical (unpaired) electrons. The van der Waals surface area contributed by atoms with Crippen molar-refractivity contribution in [1.29, 1.82) is 0 Å². The predicted molar refractivity (Wildman–Crippen MR) is 115 cm³/mol. The highest BCUT2D eigenvalue weighted by Crippen LogP contribution is 2.26. The van der Waals surface area contributed by atoms with E-state index in [4.69, 9.17) is 17.0 Å². The van der Waals surface area contributed by atoms with E-state index in [9.17, 15) is 19.8 Å². The highest BCUT2D eigenvalue weighted by molar-refractivity contribution is 7.80. The standard InChI is InChI=1S/C22H16N2O6S/c1-24-15-8-4-2-6-12(15)19(13-7-3-5-9-16(13)24)22(31)29-11-18(26)30-21(28)14-10-17(25)23-20(14)27/h2-10H,11H2,1H3,(H2,23,25,27,31)/p+1. The minimum Gasteiger partial charge on any atom is -0.494 e. The number of hydrogen-bond donors (Lipinski definition) is 3. The average molecular weight is 437 g/mol. The molecule has 156 valence electrons. The fourth-order valence-electron chi connectivity index (χ4n) is 3.42. The maximum atomic E-state index is 12.1. The van der Waals surface area contributed by atoms with Crippen LogP contribution in [0.5, 0.6) is 11.8 Å². The van der Waals surface area contributed by atoms with Gasteiger partial charge in [-0.2, -0.15) is 4.57 Å². The number of benzene rings is 2. The molecule has 0 aliphatic carbocycles. The molecule has 4 aromatic rings. The van der Waals surface area contributed by atoms with Crippen LogP contribution < -0.4 is 4.57 Å². The Balaban J connectivity index is 1.57. The Kier molecular flexibility index (Phi) is 5.26. The maximum Gasteiger partial charge on any atom is 0.352 e. The van der Waals surface area contributed by atoms with Gasteiger partial charge >= 0.3 is 11.9 Å². The monoisotopic (exact) mass is 437 g/mol. The zero-order valence-corrected chi connectivity index (χ0v) is 17.1. The van der Waals surface area contributed by atoms with E-state index in [-0.39, 0.29) is 10.6 Å². The number of ether oxygens (including phenoxy) is 2. The molecule has 0 aliphatic heterocycles. The van der Waals surface area contributed by atoms with Gasteiger partial charge in [0.2, 0.25) is 16.9 Å². The minimum absolute atomic E-state index is 0.0829. The second-order valence-corrected chi connectivity index (χ2v) is 7.09. The molecular weight excluding hydrogens is 420 g/mol. The molecule has 0 unspecified atom stereocenters. The maximum absolute atomic E-state index is 12.1. The van der Waals surface area contributed by atoms with Gasteiger partial charge in [0.25, 0.3) is 0 Å². The number of nitrogens with zero attached hydrogens (tertiary/aromatic N) is 1. The van der Waals surface area contributed by atoms with Gasteiger partial charge in [-0.25, -0.2) is 9.59 Å². The summed E-state index contributed by atoms with van der Waals surface area (Å²) in [7, 11) is 1.95. The SMILES string of the molecule is C[n+]1c2ccccc2c(C(=S)OCC(=O)OC(=O)c2cc(O)[nH]c2O)c2ccccc21. The minimum atomic E-state index is -1.13. The van der Waals surface area contributed by atoms with Crippen LogP contribution in [0.3, 0.4) is 0 Å². The molecule has 9 heteroatoms. The van der Waals surface area contributed by atoms with Crippen LogP contribution in [-0.2, 0) is 21.3 Å². The number of para-hydroxylation sites is 2. The molecule has 0 saturated heterocycles. The van der Waals surface area contributed by atoms with Crippen molar-refractivity contribution < 1.29 is 33.8 Å². The van der Waals surface area contributed by atoms with Crippen LogP contribution in [-0.4, -0.2) is 38.8 Å². The highest BCUT2D eigenvalue weighted by atomic mass is 32.1. The molecule has 8 nitrogen and oxygen atoms in total. The zero-order chi connectivity index (χ0) is 22.1. The van der Waals surface area contributed by atoms with Crippen LogP contribution in [0.25, 0.3) is 21.8 Å². The third-order valence-electron chi connectivity index (χ3n) is 4.80. The lowest BCUT2D eigenvalue weighted by atomic mass is 10.0. The lowest BCUT2D eigenvalue weighted by Crippen LogP contribution is -2.31. The summed E-state index contributed by atoms with van der Waals surface area (Å²) >= 11 is 5.47. The van der Waals surface area contributed by atoms with Gasteiger partial charge in [-0.3, -0.25) is 4.98 Å². The van der Waals surface area contributed by atoms with Crippen LogP contribution >= 0.6 is 12.2 Å². The van der Waals surface area contributed by atoms with Crippen LogP contribution in [0.1, 0.15) is 15.9 Å². The predicted octanol–water partition coefficient (Wildman–Crippen LogP) is 2.63. The molecule has 0 atom stereocenters. The van der Waals surface area contributed by atoms with Crippen molar-refractivity contribution in [3.05, 3.63) is 65.7 Å². The Morgan fingerprint density at radius 1 is 1.03 bits per heavy atom. The normalized spacial score (nSPS) is 10.9. The number of aromatic amines is 1. The molecule has 0 spiro atoms. The van der Waals surface area contributed by atoms with E-state index in [2.05, 4.69) is 9.72 Å². The number of pyridine rings is 1. The van der Waals surface area contributed by atoms with Gasteiger partial charge in [-0.1, -0.05) is 24.3 Å². The average Bonchev–Trinajstić information content (AvgIpc) is 3.10. The number of nitrogens with one attached hydrogen (secondary N) is 1. The van der Waals surface area contributed by atoms with Gasteiger partial charge in [-0.05, 0) is 24.4 Å². The number of H-pyrrole nitrogens is 1. The summed E-state index contributed by atoms with van der Waals surface area (Å²) in [6, 6.07) is 16.3. The molecule has 3 N–H and O–H groups in total. The summed E-state index contributed by atoms with van der Waals surface area (Å²) in [5, 5.41) is 20.6. The van der Waals surface area contributed by atoms with Crippen molar-refractivity contribution in [2.24, 2.45) is 7.05 Å². The van der Waals surface area contributed by atoms with E-state index in [1.165, 1.54) is 0 Å². The lowest BCUT2D eigenvalue weighted by Gasteiger charge is -2.12.